The number of ketones is 1. The van der Waals surface area contributed by atoms with Crippen LogP contribution in [-0.4, -0.2) is 118 Å². The number of ether oxygens (including phenoxy) is 9. The predicted molar refractivity (Wildman–Crippen MR) is 311 cm³/mol. The van der Waals surface area contributed by atoms with Gasteiger partial charge < -0.3 is 47.4 Å². The molecule has 90 heavy (non-hydrogen) atoms. The van der Waals surface area contributed by atoms with E-state index in [4.69, 9.17) is 42.6 Å². The van der Waals surface area contributed by atoms with E-state index >= 15 is 39.5 Å². The molecule has 23 heteroatoms. The van der Waals surface area contributed by atoms with E-state index in [1.165, 1.54) is 61.5 Å². The highest BCUT2D eigenvalue weighted by Gasteiger charge is 2.67. The quantitative estimate of drug-likeness (QED) is 0.0231. The van der Waals surface area contributed by atoms with Crippen LogP contribution in [0.1, 0.15) is 185 Å². The molecule has 0 aromatic heterocycles. The second-order valence-electron chi connectivity index (χ2n) is 23.8. The number of rotatable bonds is 37. The van der Waals surface area contributed by atoms with Crippen LogP contribution in [0.25, 0.3) is 0 Å². The Morgan fingerprint density at radius 1 is 0.489 bits per heavy atom. The molecule has 0 N–H and O–H groups in total. The summed E-state index contributed by atoms with van der Waals surface area (Å²) < 4.78 is 188. The number of halogens is 9. The predicted octanol–water partition coefficient (Wildman–Crippen LogP) is 15.1. The molecule has 0 aliphatic carbocycles. The summed E-state index contributed by atoms with van der Waals surface area (Å²) in [4.78, 5) is 66.5. The van der Waals surface area contributed by atoms with Gasteiger partial charge in [-0.1, -0.05) is 149 Å². The molecule has 3 fully saturated rings. The first kappa shape index (κ1) is 73.4. The molecular weight excluding hydrogens is 1200 g/mol. The first-order valence-electron chi connectivity index (χ1n) is 31.5. The third kappa shape index (κ3) is 18.1. The molecule has 3 aromatic carbocycles. The maximum atomic E-state index is 15.4. The molecule has 3 heterocycles. The van der Waals surface area contributed by atoms with Gasteiger partial charge in [0.1, 0.15) is 30.2 Å². The number of carbonyl (C=O) groups is 5. The molecule has 502 valence electrons. The Hall–Kier alpha value is -5.62. The van der Waals surface area contributed by atoms with Crippen molar-refractivity contribution in [2.24, 2.45) is 5.92 Å². The van der Waals surface area contributed by atoms with Crippen LogP contribution in [0.5, 0.6) is 0 Å². The number of methoxy groups -OCH3 is 3. The molecule has 12 atom stereocenters. The summed E-state index contributed by atoms with van der Waals surface area (Å²) in [7, 11) is 2.24. The minimum atomic E-state index is -5.36. The fourth-order valence-electron chi connectivity index (χ4n) is 12.7. The van der Waals surface area contributed by atoms with Gasteiger partial charge in [0.25, 0.3) is 16.8 Å². The fraction of sp³-hybridized carbons (Fsp3) is 0.657. The number of Topliss-reactive ketones (excluding diaryl/α,β-unsaturated/α-hetero) is 1. The number of esters is 4. The van der Waals surface area contributed by atoms with Crippen molar-refractivity contribution in [3.8, 4) is 0 Å². The van der Waals surface area contributed by atoms with Crippen molar-refractivity contribution in [1.29, 1.82) is 0 Å². The van der Waals surface area contributed by atoms with Crippen LogP contribution in [0.4, 0.5) is 39.5 Å². The maximum Gasteiger partial charge on any atom is 0.432 e. The SMILES string of the molecule is CCCCCCCCCC[C@@H](OC(=O)[C@@](OC)(c1ccccc1)C(F)(F)F)[C@H]1CC[C@@H]([C@H]2CC[C@H]([C@@H](CCCC[C@@H](CCCCCC3CC(CC(C)=O)C(=O)O3)OC(=O)[C@@](OC)(c3ccccc3)C(F)(F)F)OC(=O)[C@@](OC)(c3ccccc3)C(F)(F)F)O2)O1. The largest absolute Gasteiger partial charge is 0.462 e. The van der Waals surface area contributed by atoms with Gasteiger partial charge in [0.2, 0.25) is 0 Å². The molecule has 0 bridgehead atoms. The summed E-state index contributed by atoms with van der Waals surface area (Å²) in [5.74, 6) is -6.35. The van der Waals surface area contributed by atoms with Crippen molar-refractivity contribution in [3.05, 3.63) is 108 Å². The molecule has 0 spiro atoms. The number of hydrogen-bond donors (Lipinski definition) is 0. The highest BCUT2D eigenvalue weighted by atomic mass is 19.4. The van der Waals surface area contributed by atoms with Crippen LogP contribution in [0, 0.1) is 5.92 Å². The van der Waals surface area contributed by atoms with Crippen molar-refractivity contribution < 1.29 is 106 Å². The van der Waals surface area contributed by atoms with Gasteiger partial charge in [-0.25, -0.2) is 14.4 Å². The smallest absolute Gasteiger partial charge is 0.432 e. The molecule has 0 radical (unpaired) electrons. The van der Waals surface area contributed by atoms with Crippen molar-refractivity contribution in [2.45, 2.75) is 252 Å². The molecule has 3 saturated heterocycles. The van der Waals surface area contributed by atoms with Crippen molar-refractivity contribution >= 4 is 29.7 Å². The highest BCUT2D eigenvalue weighted by Crippen LogP contribution is 2.48. The monoisotopic (exact) mass is 1290 g/mol. The zero-order valence-corrected chi connectivity index (χ0v) is 51.9. The van der Waals surface area contributed by atoms with Gasteiger partial charge in [0.05, 0.1) is 30.3 Å². The maximum absolute atomic E-state index is 15.4. The average molecular weight is 1290 g/mol. The third-order valence-corrected chi connectivity index (χ3v) is 17.6. The number of benzene rings is 3. The summed E-state index contributed by atoms with van der Waals surface area (Å²) in [5.41, 5.74) is -12.2. The van der Waals surface area contributed by atoms with E-state index in [9.17, 15) is 24.0 Å². The number of alkyl halides is 9. The zero-order chi connectivity index (χ0) is 65.8. The number of hydrogen-bond acceptors (Lipinski definition) is 14. The van der Waals surface area contributed by atoms with E-state index < -0.39 is 131 Å². The Labute approximate surface area is 521 Å². The highest BCUT2D eigenvalue weighted by molar-refractivity contribution is 5.85. The van der Waals surface area contributed by atoms with Gasteiger partial charge in [0.15, 0.2) is 0 Å². The Balaban J connectivity index is 1.21. The van der Waals surface area contributed by atoms with Crippen LogP contribution in [0.2, 0.25) is 0 Å². The van der Waals surface area contributed by atoms with Gasteiger partial charge in [0, 0.05) is 44.4 Å². The van der Waals surface area contributed by atoms with E-state index in [-0.39, 0.29) is 76.4 Å². The summed E-state index contributed by atoms with van der Waals surface area (Å²) >= 11 is 0. The Morgan fingerprint density at radius 2 is 0.844 bits per heavy atom. The van der Waals surface area contributed by atoms with Crippen LogP contribution in [0.15, 0.2) is 91.0 Å². The van der Waals surface area contributed by atoms with Crippen LogP contribution in [-0.2, 0) is 83.4 Å². The Kier molecular flexibility index (Phi) is 27.6. The number of carbonyl (C=O) groups excluding carboxylic acids is 5. The minimum Gasteiger partial charge on any atom is -0.462 e. The molecular formula is C67H87F9O14. The summed E-state index contributed by atoms with van der Waals surface area (Å²) in [5, 5.41) is 0. The lowest BCUT2D eigenvalue weighted by Crippen LogP contribution is -2.53. The Bertz CT molecular complexity index is 2700. The standard InChI is InChI=1S/C67H87F9O14/c1-6-7-8-9-10-11-12-25-37-52(89-60(80)63(83-4,66(71,72)73)48-30-19-14-20-31-48)54-39-41-56(87-54)57-42-40-55(88-57)53(90-61(81)64(84-5,67(74,75)76)49-32-21-15-22-33-49)38-27-26-35-50(34-23-16-24-36-51-44-46(43-45(2)77)58(78)85-51)86-59(79)62(82-3,65(68,69)70)47-28-17-13-18-29-47/h13-15,17-22,28-33,46,50-57H,6-12,16,23-27,34-44H2,1-5H3/t46?,50-,51?,52-,53-,54-,55-,56+,57-,62+,63+,64+/m1/s1. The molecule has 14 nitrogen and oxygen atoms in total. The molecule has 2 unspecified atom stereocenters. The molecule has 3 aliphatic heterocycles. The number of unbranched alkanes of at least 4 members (excludes halogenated alkanes) is 10. The Morgan fingerprint density at radius 3 is 1.23 bits per heavy atom. The van der Waals surface area contributed by atoms with Gasteiger partial charge >= 0.3 is 42.4 Å². The second kappa shape index (κ2) is 33.8. The molecule has 3 aliphatic rings. The summed E-state index contributed by atoms with van der Waals surface area (Å²) in [6.07, 6.45) is -13.1. The first-order chi connectivity index (χ1) is 42.8. The zero-order valence-electron chi connectivity index (χ0n) is 51.9. The van der Waals surface area contributed by atoms with Crippen LogP contribution < -0.4 is 0 Å². The average Bonchev–Trinajstić information content (AvgIpc) is 0.982. The van der Waals surface area contributed by atoms with E-state index in [1.54, 1.807) is 0 Å². The lowest BCUT2D eigenvalue weighted by molar-refractivity contribution is -0.281. The summed E-state index contributed by atoms with van der Waals surface area (Å²) in [6.45, 7) is 3.49. The van der Waals surface area contributed by atoms with Gasteiger partial charge in [-0.3, -0.25) is 4.79 Å². The van der Waals surface area contributed by atoms with Crippen molar-refractivity contribution in [2.75, 3.05) is 21.3 Å². The van der Waals surface area contributed by atoms with Gasteiger partial charge in [-0.05, 0) is 103 Å². The molecule has 0 amide bonds. The lowest BCUT2D eigenvalue weighted by Gasteiger charge is -2.35. The second-order valence-corrected chi connectivity index (χ2v) is 23.8. The summed E-state index contributed by atoms with van der Waals surface area (Å²) in [6, 6.07) is 18.8. The van der Waals surface area contributed by atoms with E-state index in [1.807, 2.05) is 0 Å². The van der Waals surface area contributed by atoms with Gasteiger partial charge in [-0.2, -0.15) is 39.5 Å². The lowest BCUT2D eigenvalue weighted by atomic mass is 9.92. The van der Waals surface area contributed by atoms with Crippen LogP contribution in [0.3, 0.4) is 0 Å². The molecule has 6 rings (SSSR count). The fourth-order valence-corrected chi connectivity index (χ4v) is 12.7. The molecule has 3 aromatic rings. The van der Waals surface area contributed by atoms with Crippen LogP contribution >= 0.6 is 0 Å². The minimum absolute atomic E-state index is 0.0490. The van der Waals surface area contributed by atoms with E-state index in [0.717, 1.165) is 96.3 Å². The number of cyclic esters (lactones) is 1. The van der Waals surface area contributed by atoms with Gasteiger partial charge in [-0.15, -0.1) is 0 Å². The topological polar surface area (TPSA) is 168 Å². The third-order valence-electron chi connectivity index (χ3n) is 17.6. The molecule has 0 saturated carbocycles. The first-order valence-corrected chi connectivity index (χ1v) is 31.5. The van der Waals surface area contributed by atoms with E-state index in [0.29, 0.717) is 44.9 Å². The van der Waals surface area contributed by atoms with Crippen molar-refractivity contribution in [3.63, 3.8) is 0 Å². The normalized spacial score (nSPS) is 22.8. The van der Waals surface area contributed by atoms with E-state index in [2.05, 4.69) is 6.92 Å². The van der Waals surface area contributed by atoms with Crippen molar-refractivity contribution in [1.82, 2.24) is 0 Å².